The van der Waals surface area contributed by atoms with Gasteiger partial charge in [-0.15, -0.1) is 0 Å². The second kappa shape index (κ2) is 17.4. The van der Waals surface area contributed by atoms with Crippen LogP contribution >= 0.6 is 11.8 Å². The maximum Gasteiger partial charge on any atom is 0.239 e. The lowest BCUT2D eigenvalue weighted by Gasteiger charge is -2.40. The number of nitrogens with zero attached hydrogens (tertiary/aromatic N) is 5. The van der Waals surface area contributed by atoms with Crippen molar-refractivity contribution in [2.24, 2.45) is 0 Å². The highest BCUT2D eigenvalue weighted by Crippen LogP contribution is 2.62. The highest BCUT2D eigenvalue weighted by atomic mass is 32.2. The van der Waals surface area contributed by atoms with Gasteiger partial charge in [0.2, 0.25) is 20.0 Å². The summed E-state index contributed by atoms with van der Waals surface area (Å²) in [7, 11) is -4.55. The van der Waals surface area contributed by atoms with Crippen LogP contribution in [0.1, 0.15) is 66.4 Å². The van der Waals surface area contributed by atoms with Crippen molar-refractivity contribution in [1.29, 1.82) is 0 Å². The first-order chi connectivity index (χ1) is 47.0. The largest absolute Gasteiger partial charge is 0.456 e. The third-order valence-corrected chi connectivity index (χ3v) is 23.3. The Morgan fingerprint density at radius 1 is 0.415 bits per heavy atom. The molecule has 388 valence electrons. The molecule has 4 aromatic heterocycles. The van der Waals surface area contributed by atoms with Crippen molar-refractivity contribution in [3.63, 3.8) is 0 Å². The van der Waals surface area contributed by atoms with E-state index in [-0.39, 0.29) is 49.1 Å². The summed E-state index contributed by atoms with van der Waals surface area (Å²) in [5.41, 5.74) is 8.53. The first kappa shape index (κ1) is 33.9. The Labute approximate surface area is 501 Å². The molecule has 1 spiro atoms. The molecule has 8 heteroatoms. The molecular weight excluding hydrogens is 1040 g/mol. The van der Waals surface area contributed by atoms with E-state index in [0.29, 0.717) is 0 Å². The predicted octanol–water partition coefficient (Wildman–Crippen LogP) is 15.4. The Morgan fingerprint density at radius 2 is 0.915 bits per heavy atom. The Kier molecular flexibility index (Phi) is 7.21. The molecule has 0 bridgehead atoms. The Balaban J connectivity index is 1.10. The van der Waals surface area contributed by atoms with Gasteiger partial charge in [0.25, 0.3) is 0 Å². The first-order valence-electron chi connectivity index (χ1n) is 34.9. The van der Waals surface area contributed by atoms with E-state index in [1.165, 1.54) is 9.13 Å². The number of hydrogen-bond acceptors (Lipinski definition) is 5. The van der Waals surface area contributed by atoms with Crippen LogP contribution in [0.5, 0.6) is 0 Å². The molecule has 1 unspecified atom stereocenters. The van der Waals surface area contributed by atoms with Gasteiger partial charge in [-0.2, -0.15) is 4.98 Å². The zero-order chi connectivity index (χ0) is 68.5. The van der Waals surface area contributed by atoms with Gasteiger partial charge in [0.05, 0.1) is 49.4 Å². The molecule has 82 heavy (non-hydrogen) atoms. The van der Waals surface area contributed by atoms with Gasteiger partial charge < -0.3 is 4.42 Å². The molecule has 2 aliphatic rings. The van der Waals surface area contributed by atoms with E-state index < -0.39 is 122 Å². The molecule has 11 aromatic carbocycles. The Morgan fingerprint density at radius 3 is 1.50 bits per heavy atom. The second-order valence-electron chi connectivity index (χ2n) is 21.2. The van der Waals surface area contributed by atoms with Crippen LogP contribution in [0.25, 0.3) is 88.6 Å². The molecule has 0 N–H and O–H groups in total. The van der Waals surface area contributed by atoms with E-state index in [1.807, 2.05) is 88.4 Å². The lowest BCUT2D eigenvalue weighted by atomic mass is 9.67. The normalized spacial score (nSPS) is 17.3. The van der Waals surface area contributed by atoms with E-state index in [4.69, 9.17) is 24.9 Å². The minimum absolute atomic E-state index is 0.0283. The van der Waals surface area contributed by atoms with Gasteiger partial charge in [-0.05, 0) is 125 Å². The molecule has 15 aromatic rings. The summed E-state index contributed by atoms with van der Waals surface area (Å²) in [5, 5.41) is 3.19. The lowest BCUT2D eigenvalue weighted by molar-refractivity contribution is 0.664. The first-order valence-corrected chi connectivity index (χ1v) is 29.7. The minimum Gasteiger partial charge on any atom is -0.456 e. The van der Waals surface area contributed by atoms with Crippen LogP contribution in [0, 0.1) is 27.7 Å². The van der Waals surface area contributed by atoms with Crippen LogP contribution in [0.2, 0.25) is 0 Å². The molecule has 0 amide bonds. The van der Waals surface area contributed by atoms with Crippen LogP contribution in [0.4, 0.5) is 0 Å². The molecular formula is C74H51N5OSSi. The van der Waals surface area contributed by atoms with Crippen LogP contribution < -0.4 is 21.0 Å². The van der Waals surface area contributed by atoms with Crippen molar-refractivity contribution < 1.29 is 26.3 Å². The molecule has 1 atom stereocenters. The van der Waals surface area contributed by atoms with E-state index in [2.05, 4.69) is 78.9 Å². The number of fused-ring (bicyclic) bond motifs is 18. The third kappa shape index (κ3) is 6.28. The predicted molar refractivity (Wildman–Crippen MR) is 340 cm³/mol. The number of benzene rings is 11. The number of aromatic nitrogens is 5. The molecule has 0 fully saturated rings. The fourth-order valence-electron chi connectivity index (χ4n) is 13.9. The van der Waals surface area contributed by atoms with Gasteiger partial charge in [0, 0.05) is 42.1 Å². The molecule has 17 rings (SSSR count). The SMILES string of the molecule is [2H]c1c([2H])c([2H])c2c(c1[2H])c1c([2H])c([2H])c([2H])c([2H])c1n2-c1nc(-n2c3c([2H])c([2H])c([2H])c([2H])c3c3c([2H])c([2H])c([2H])c([2H])c32)nc([Si](c2ccc3c(c2)-c2ccccc2C32c3ccccc3Sc3cc4oc5ccccc5c4cc32)(c2c(C)cccc2C)c2c(C)cccc2C)n1. The summed E-state index contributed by atoms with van der Waals surface area (Å²) in [6.45, 7) is 8.02. The quantitative estimate of drug-likeness (QED) is 0.123. The average molecular weight is 1100 g/mol. The minimum atomic E-state index is -4.55. The van der Waals surface area contributed by atoms with Crippen molar-refractivity contribution in [2.75, 3.05) is 0 Å². The fourth-order valence-corrected chi connectivity index (χ4v) is 20.6. The Bertz CT molecular complexity index is 5800. The van der Waals surface area contributed by atoms with Crippen molar-refractivity contribution in [2.45, 2.75) is 42.9 Å². The lowest BCUT2D eigenvalue weighted by Crippen LogP contribution is -2.78. The van der Waals surface area contributed by atoms with Crippen LogP contribution in [0.15, 0.2) is 250 Å². The number of rotatable bonds is 6. The summed E-state index contributed by atoms with van der Waals surface area (Å²) in [6, 6.07) is 37.2. The number of furan rings is 1. The summed E-state index contributed by atoms with van der Waals surface area (Å²) < 4.78 is 159. The van der Waals surface area contributed by atoms with Crippen molar-refractivity contribution in [3.05, 3.63) is 281 Å². The molecule has 0 saturated heterocycles. The Hall–Kier alpha value is -9.60. The zero-order valence-electron chi connectivity index (χ0n) is 60.3. The molecule has 0 radical (unpaired) electrons. The van der Waals surface area contributed by atoms with E-state index in [0.717, 1.165) is 103 Å². The number of para-hydroxylation sites is 5. The van der Waals surface area contributed by atoms with Gasteiger partial charge in [0.1, 0.15) is 16.6 Å². The summed E-state index contributed by atoms with van der Waals surface area (Å²) >= 11 is 1.69. The summed E-state index contributed by atoms with van der Waals surface area (Å²) in [6.07, 6.45) is 0. The van der Waals surface area contributed by atoms with Gasteiger partial charge >= 0.3 is 0 Å². The van der Waals surface area contributed by atoms with Crippen molar-refractivity contribution in [1.82, 2.24) is 24.1 Å². The average Bonchev–Trinajstić information content (AvgIpc) is 1.49. The van der Waals surface area contributed by atoms with Gasteiger partial charge in [0.15, 0.2) is 0 Å². The van der Waals surface area contributed by atoms with E-state index >= 15 is 0 Å². The molecule has 5 heterocycles. The highest BCUT2D eigenvalue weighted by Gasteiger charge is 2.54. The maximum atomic E-state index is 9.79. The molecule has 0 saturated carbocycles. The van der Waals surface area contributed by atoms with Crippen molar-refractivity contribution >= 4 is 106 Å². The number of hydrogen-bond donors (Lipinski definition) is 0. The smallest absolute Gasteiger partial charge is 0.239 e. The van der Waals surface area contributed by atoms with E-state index in [1.54, 1.807) is 11.8 Å². The van der Waals surface area contributed by atoms with Gasteiger partial charge in [-0.25, -0.2) is 9.97 Å². The van der Waals surface area contributed by atoms with E-state index in [9.17, 15) is 16.4 Å². The summed E-state index contributed by atoms with van der Waals surface area (Å²) in [5.74, 6) is -0.912. The second-order valence-corrected chi connectivity index (χ2v) is 25.8. The number of aryl methyl sites for hydroxylation is 4. The molecule has 6 nitrogen and oxygen atoms in total. The van der Waals surface area contributed by atoms with Crippen molar-refractivity contribution in [3.8, 4) is 23.0 Å². The van der Waals surface area contributed by atoms with Gasteiger partial charge in [-0.3, -0.25) is 9.13 Å². The van der Waals surface area contributed by atoms with Gasteiger partial charge in [-0.1, -0.05) is 222 Å². The summed E-state index contributed by atoms with van der Waals surface area (Å²) in [4.78, 5) is 18.7. The molecule has 1 aliphatic heterocycles. The molecule has 1 aliphatic carbocycles. The van der Waals surface area contributed by atoms with Crippen LogP contribution in [-0.4, -0.2) is 32.2 Å². The third-order valence-electron chi connectivity index (χ3n) is 17.0. The zero-order valence-corrected chi connectivity index (χ0v) is 46.1. The van der Waals surface area contributed by atoms with Crippen LogP contribution in [-0.2, 0) is 5.41 Å². The maximum absolute atomic E-state index is 9.79. The topological polar surface area (TPSA) is 61.7 Å². The monoisotopic (exact) mass is 1100 g/mol. The standard InChI is InChI=1S/C74H51N5OSSi/c1-44-21-19-22-45(2)69(44)82(70-46(3)23-20-24-47(70)4,73-76-71(78-61-33-13-6-26-50(61)51-27-7-14-34-62(51)78)75-72(77-73)79-63-35-15-8-28-52(63)53-29-9-16-36-64(53)79)48-39-40-58-55(41-48)49-25-5-11-31-57(49)74(58)59-32-12-18-38-67(59)81-68-43-66-56(42-60(68)74)54-30-10-17-37-65(54)80-66/h5-43H,1-4H3/i6D,7D,8D,9D,13D,14D,15D,16D,26D,27D,28D,29D,33D,34D,35D,36D. The van der Waals surface area contributed by atoms with Crippen LogP contribution in [0.3, 0.4) is 0 Å². The highest BCUT2D eigenvalue weighted by molar-refractivity contribution is 7.99. The fraction of sp³-hybridized carbons (Fsp3) is 0.0676.